The Balaban J connectivity index is 1.53. The fourth-order valence-corrected chi connectivity index (χ4v) is 6.78. The number of nitrogens with zero attached hydrogens (tertiary/aromatic N) is 1. The number of ether oxygens (including phenoxy) is 1. The summed E-state index contributed by atoms with van der Waals surface area (Å²) in [4.78, 5) is 12.5. The molecule has 1 aliphatic rings. The van der Waals surface area contributed by atoms with Crippen molar-refractivity contribution in [2.24, 2.45) is 0 Å². The number of anilines is 1. The van der Waals surface area contributed by atoms with Gasteiger partial charge in [0, 0.05) is 23.2 Å². The van der Waals surface area contributed by atoms with E-state index < -0.39 is 15.9 Å². The van der Waals surface area contributed by atoms with Gasteiger partial charge >= 0.3 is 0 Å². The third-order valence-electron chi connectivity index (χ3n) is 5.11. The van der Waals surface area contributed by atoms with Gasteiger partial charge in [0.05, 0.1) is 9.37 Å². The van der Waals surface area contributed by atoms with Gasteiger partial charge in [0.25, 0.3) is 5.91 Å². The molecule has 0 saturated carbocycles. The van der Waals surface area contributed by atoms with Gasteiger partial charge in [-0.2, -0.15) is 4.31 Å². The number of hydrogen-bond acceptors (Lipinski definition) is 5. The van der Waals surface area contributed by atoms with Crippen LogP contribution in [-0.2, 0) is 14.8 Å². The minimum absolute atomic E-state index is 0.0957. The number of hydrogen-bond donors (Lipinski definition) is 2. The van der Waals surface area contributed by atoms with E-state index in [1.807, 2.05) is 19.1 Å². The molecule has 0 bridgehead atoms. The number of nitrogens with one attached hydrogen (secondary N) is 2. The number of sulfonamides is 1. The number of carbonyl (C=O) groups excluding carboxylic acids is 1. The van der Waals surface area contributed by atoms with Crippen LogP contribution < -0.4 is 15.4 Å². The fourth-order valence-electron chi connectivity index (χ4n) is 3.48. The standard InChI is InChI=1S/C22H25Br2N3O4S2/c1-15-12-16(23)13-19(24)21(15)31-14-20(28)26-22(32)25-17-6-8-18(9-7-17)33(29,30)27-10-4-2-3-5-11-27/h6-9,12-13H,2-5,10-11,14H2,1H3,(H2,25,26,28,32). The summed E-state index contributed by atoms with van der Waals surface area (Å²) < 4.78 is 34.6. The van der Waals surface area contributed by atoms with Gasteiger partial charge in [-0.1, -0.05) is 28.8 Å². The van der Waals surface area contributed by atoms with Crippen LogP contribution in [-0.4, -0.2) is 43.4 Å². The number of halogens is 2. The van der Waals surface area contributed by atoms with Crippen molar-refractivity contribution in [1.29, 1.82) is 0 Å². The first-order chi connectivity index (χ1) is 15.7. The molecule has 0 radical (unpaired) electrons. The molecule has 0 atom stereocenters. The third-order valence-corrected chi connectivity index (χ3v) is 8.27. The molecule has 178 valence electrons. The second kappa shape index (κ2) is 11.7. The molecule has 2 N–H and O–H groups in total. The molecule has 0 aliphatic carbocycles. The number of carbonyl (C=O) groups is 1. The second-order valence-electron chi connectivity index (χ2n) is 7.67. The highest BCUT2D eigenvalue weighted by Gasteiger charge is 2.25. The number of benzene rings is 2. The summed E-state index contributed by atoms with van der Waals surface area (Å²) in [6, 6.07) is 10.1. The van der Waals surface area contributed by atoms with Crippen molar-refractivity contribution < 1.29 is 17.9 Å². The van der Waals surface area contributed by atoms with Crippen molar-refractivity contribution in [1.82, 2.24) is 9.62 Å². The highest BCUT2D eigenvalue weighted by atomic mass is 79.9. The Bertz CT molecular complexity index is 1090. The number of rotatable bonds is 6. The fraction of sp³-hybridized carbons (Fsp3) is 0.364. The maximum Gasteiger partial charge on any atom is 0.264 e. The summed E-state index contributed by atoms with van der Waals surface area (Å²) in [5, 5.41) is 5.54. The van der Waals surface area contributed by atoms with E-state index in [1.54, 1.807) is 28.6 Å². The average molecular weight is 619 g/mol. The van der Waals surface area contributed by atoms with Crippen LogP contribution in [0.1, 0.15) is 31.2 Å². The highest BCUT2D eigenvalue weighted by Crippen LogP contribution is 2.32. The number of thiocarbonyl (C=S) groups is 1. The van der Waals surface area contributed by atoms with E-state index in [0.717, 1.165) is 40.2 Å². The smallest absolute Gasteiger partial charge is 0.264 e. The van der Waals surface area contributed by atoms with E-state index in [-0.39, 0.29) is 16.6 Å². The number of aryl methyl sites for hydroxylation is 1. The zero-order chi connectivity index (χ0) is 24.0. The van der Waals surface area contributed by atoms with E-state index in [2.05, 4.69) is 42.5 Å². The molecule has 1 aliphatic heterocycles. The maximum atomic E-state index is 12.9. The van der Waals surface area contributed by atoms with Gasteiger partial charge in [0.15, 0.2) is 11.7 Å². The molecule has 0 aromatic heterocycles. The molecule has 0 spiro atoms. The molecular weight excluding hydrogens is 594 g/mol. The Hall–Kier alpha value is -1.53. The Labute approximate surface area is 216 Å². The van der Waals surface area contributed by atoms with Crippen molar-refractivity contribution >= 4 is 70.8 Å². The molecule has 0 unspecified atom stereocenters. The number of amides is 1. The quantitative estimate of drug-likeness (QED) is 0.444. The van der Waals surface area contributed by atoms with Crippen LogP contribution in [0.25, 0.3) is 0 Å². The predicted molar refractivity (Wildman–Crippen MR) is 140 cm³/mol. The lowest BCUT2D eigenvalue weighted by Crippen LogP contribution is -2.37. The Kier molecular flexibility index (Phi) is 9.28. The average Bonchev–Trinajstić information content (AvgIpc) is 3.03. The normalized spacial score (nSPS) is 14.9. The zero-order valence-corrected chi connectivity index (χ0v) is 22.9. The van der Waals surface area contributed by atoms with Gasteiger partial charge in [0.2, 0.25) is 10.0 Å². The van der Waals surface area contributed by atoms with Crippen LogP contribution in [0.4, 0.5) is 5.69 Å². The van der Waals surface area contributed by atoms with Crippen molar-refractivity contribution in [2.75, 3.05) is 25.0 Å². The van der Waals surface area contributed by atoms with Crippen LogP contribution in [0.15, 0.2) is 50.2 Å². The van der Waals surface area contributed by atoms with Gasteiger partial charge < -0.3 is 10.1 Å². The van der Waals surface area contributed by atoms with E-state index in [1.165, 1.54) is 0 Å². The summed E-state index contributed by atoms with van der Waals surface area (Å²) >= 11 is 12.0. The SMILES string of the molecule is Cc1cc(Br)cc(Br)c1OCC(=O)NC(=S)Nc1ccc(S(=O)(=O)N2CCCCCC2)cc1. The van der Waals surface area contributed by atoms with Gasteiger partial charge in [-0.15, -0.1) is 0 Å². The summed E-state index contributed by atoms with van der Waals surface area (Å²) in [5.41, 5.74) is 1.45. The minimum Gasteiger partial charge on any atom is -0.482 e. The predicted octanol–water partition coefficient (Wildman–Crippen LogP) is 4.98. The Morgan fingerprint density at radius 1 is 1.09 bits per heavy atom. The lowest BCUT2D eigenvalue weighted by atomic mass is 10.2. The zero-order valence-electron chi connectivity index (χ0n) is 18.1. The van der Waals surface area contributed by atoms with Crippen LogP contribution in [0, 0.1) is 6.92 Å². The Morgan fingerprint density at radius 2 is 1.73 bits per heavy atom. The topological polar surface area (TPSA) is 87.7 Å². The Morgan fingerprint density at radius 3 is 2.33 bits per heavy atom. The lowest BCUT2D eigenvalue weighted by molar-refractivity contribution is -0.121. The maximum absolute atomic E-state index is 12.9. The first kappa shape index (κ1) is 26.1. The highest BCUT2D eigenvalue weighted by molar-refractivity contribution is 9.11. The molecule has 2 aromatic carbocycles. The van der Waals surface area contributed by atoms with E-state index in [4.69, 9.17) is 17.0 Å². The van der Waals surface area contributed by atoms with Gasteiger partial charge in [-0.25, -0.2) is 8.42 Å². The monoisotopic (exact) mass is 617 g/mol. The molecule has 1 saturated heterocycles. The first-order valence-corrected chi connectivity index (χ1v) is 13.9. The summed E-state index contributed by atoms with van der Waals surface area (Å²) in [5.74, 6) is 0.163. The molecule has 7 nitrogen and oxygen atoms in total. The van der Waals surface area contributed by atoms with Crippen LogP contribution in [0.2, 0.25) is 0 Å². The summed E-state index contributed by atoms with van der Waals surface area (Å²) in [6.07, 6.45) is 3.88. The van der Waals surface area contributed by atoms with Crippen LogP contribution in [0.3, 0.4) is 0 Å². The van der Waals surface area contributed by atoms with E-state index >= 15 is 0 Å². The van der Waals surface area contributed by atoms with Gasteiger partial charge in [0.1, 0.15) is 5.75 Å². The lowest BCUT2D eigenvalue weighted by Gasteiger charge is -2.20. The molecule has 33 heavy (non-hydrogen) atoms. The molecular formula is C22H25Br2N3O4S2. The third kappa shape index (κ3) is 7.22. The van der Waals surface area contributed by atoms with Crippen LogP contribution >= 0.6 is 44.1 Å². The second-order valence-corrected chi connectivity index (χ2v) is 11.8. The molecule has 11 heteroatoms. The first-order valence-electron chi connectivity index (χ1n) is 10.5. The molecule has 2 aromatic rings. The van der Waals surface area contributed by atoms with Crippen molar-refractivity contribution in [2.45, 2.75) is 37.5 Å². The molecule has 1 heterocycles. The van der Waals surface area contributed by atoms with E-state index in [9.17, 15) is 13.2 Å². The largest absolute Gasteiger partial charge is 0.482 e. The van der Waals surface area contributed by atoms with Crippen molar-refractivity contribution in [3.05, 3.63) is 50.9 Å². The summed E-state index contributed by atoms with van der Waals surface area (Å²) in [7, 11) is -3.51. The van der Waals surface area contributed by atoms with Crippen molar-refractivity contribution in [3.63, 3.8) is 0 Å². The van der Waals surface area contributed by atoms with Gasteiger partial charge in [-0.05, 0) is 89.9 Å². The van der Waals surface area contributed by atoms with Crippen molar-refractivity contribution in [3.8, 4) is 5.75 Å². The van der Waals surface area contributed by atoms with Gasteiger partial charge in [-0.3, -0.25) is 10.1 Å². The molecule has 3 rings (SSSR count). The van der Waals surface area contributed by atoms with Crippen LogP contribution in [0.5, 0.6) is 5.75 Å². The molecule has 1 fully saturated rings. The minimum atomic E-state index is -3.51. The molecule has 1 amide bonds. The van der Waals surface area contributed by atoms with E-state index in [0.29, 0.717) is 24.5 Å². The summed E-state index contributed by atoms with van der Waals surface area (Å²) in [6.45, 7) is 2.77.